The molecule has 72 valence electrons. The molecular formula is C11H18N2. The largest absolute Gasteiger partial charge is 0.253 e. The number of rotatable bonds is 4. The summed E-state index contributed by atoms with van der Waals surface area (Å²) in [5.74, 6) is 2.44. The quantitative estimate of drug-likeness (QED) is 0.467. The van der Waals surface area contributed by atoms with Crippen LogP contribution in [0.1, 0.15) is 27.2 Å². The second-order valence-electron chi connectivity index (χ2n) is 4.07. The molecule has 0 bridgehead atoms. The maximum absolute atomic E-state index is 4.03. The summed E-state index contributed by atoms with van der Waals surface area (Å²) < 4.78 is 0. The smallest absolute Gasteiger partial charge is 0.114 e. The zero-order valence-corrected chi connectivity index (χ0v) is 8.70. The molecule has 2 atom stereocenters. The van der Waals surface area contributed by atoms with Crippen LogP contribution in [-0.2, 0) is 0 Å². The number of allylic oxidation sites excluding steroid dienone is 1. The van der Waals surface area contributed by atoms with Crippen LogP contribution in [0.2, 0.25) is 0 Å². The first kappa shape index (κ1) is 10.2. The van der Waals surface area contributed by atoms with Gasteiger partial charge in [-0.2, -0.15) is 0 Å². The van der Waals surface area contributed by atoms with Gasteiger partial charge in [-0.3, -0.25) is 4.99 Å². The van der Waals surface area contributed by atoms with Crippen molar-refractivity contribution in [3.05, 3.63) is 11.8 Å². The molecule has 13 heavy (non-hydrogen) atoms. The van der Waals surface area contributed by atoms with E-state index in [1.165, 1.54) is 18.3 Å². The SMILES string of the molecule is C=N/C=N\C=C(/C)[C@H]1C[C@@H]1C(C)C. The van der Waals surface area contributed by atoms with E-state index in [1.807, 2.05) is 6.20 Å². The maximum atomic E-state index is 4.03. The molecule has 1 rings (SSSR count). The highest BCUT2D eigenvalue weighted by atomic mass is 14.8. The van der Waals surface area contributed by atoms with Gasteiger partial charge in [0, 0.05) is 6.20 Å². The van der Waals surface area contributed by atoms with Gasteiger partial charge in [-0.1, -0.05) is 19.4 Å². The fourth-order valence-corrected chi connectivity index (χ4v) is 1.77. The minimum atomic E-state index is 0.766. The van der Waals surface area contributed by atoms with Gasteiger partial charge in [0.15, 0.2) is 0 Å². The molecule has 1 aliphatic carbocycles. The summed E-state index contributed by atoms with van der Waals surface area (Å²) in [6.07, 6.45) is 4.72. The lowest BCUT2D eigenvalue weighted by Gasteiger charge is -2.02. The minimum absolute atomic E-state index is 0.766. The minimum Gasteiger partial charge on any atom is -0.253 e. The van der Waals surface area contributed by atoms with E-state index >= 15 is 0 Å². The fourth-order valence-electron chi connectivity index (χ4n) is 1.77. The van der Waals surface area contributed by atoms with Gasteiger partial charge in [-0.05, 0) is 37.8 Å². The number of hydrogen-bond acceptors (Lipinski definition) is 1. The molecule has 0 aromatic carbocycles. The van der Waals surface area contributed by atoms with Gasteiger partial charge in [0.1, 0.15) is 6.34 Å². The fraction of sp³-hybridized carbons (Fsp3) is 0.636. The topological polar surface area (TPSA) is 24.7 Å². The summed E-state index contributed by atoms with van der Waals surface area (Å²) >= 11 is 0. The van der Waals surface area contributed by atoms with Crippen LogP contribution in [0.25, 0.3) is 0 Å². The van der Waals surface area contributed by atoms with E-state index in [0.717, 1.165) is 17.8 Å². The van der Waals surface area contributed by atoms with Crippen LogP contribution in [0.4, 0.5) is 0 Å². The van der Waals surface area contributed by atoms with Gasteiger partial charge >= 0.3 is 0 Å². The highest BCUT2D eigenvalue weighted by Crippen LogP contribution is 2.48. The molecule has 1 fully saturated rings. The number of aliphatic imine (C=N–C) groups is 2. The van der Waals surface area contributed by atoms with Crippen LogP contribution in [0.5, 0.6) is 0 Å². The van der Waals surface area contributed by atoms with Crippen LogP contribution in [0, 0.1) is 17.8 Å². The van der Waals surface area contributed by atoms with E-state index in [4.69, 9.17) is 0 Å². The number of nitrogens with zero attached hydrogens (tertiary/aromatic N) is 2. The molecule has 0 unspecified atom stereocenters. The van der Waals surface area contributed by atoms with Gasteiger partial charge in [0.25, 0.3) is 0 Å². The number of hydrogen-bond donors (Lipinski definition) is 0. The van der Waals surface area contributed by atoms with Crippen molar-refractivity contribution in [2.75, 3.05) is 0 Å². The third-order valence-corrected chi connectivity index (χ3v) is 2.71. The Morgan fingerprint density at radius 3 is 2.69 bits per heavy atom. The average Bonchev–Trinajstić information content (AvgIpc) is 2.83. The second-order valence-corrected chi connectivity index (χ2v) is 4.07. The summed E-state index contributed by atoms with van der Waals surface area (Å²) in [5, 5.41) is 0. The Bertz CT molecular complexity index is 238. The molecule has 0 saturated heterocycles. The lowest BCUT2D eigenvalue weighted by Crippen LogP contribution is -1.93. The van der Waals surface area contributed by atoms with Gasteiger partial charge in [-0.15, -0.1) is 0 Å². The molecule has 0 aromatic rings. The van der Waals surface area contributed by atoms with Crippen molar-refractivity contribution in [2.45, 2.75) is 27.2 Å². The van der Waals surface area contributed by atoms with Crippen LogP contribution < -0.4 is 0 Å². The lowest BCUT2D eigenvalue weighted by molar-refractivity contribution is 0.536. The van der Waals surface area contributed by atoms with Crippen molar-refractivity contribution in [3.63, 3.8) is 0 Å². The Morgan fingerprint density at radius 2 is 2.23 bits per heavy atom. The molecule has 0 spiro atoms. The Hall–Kier alpha value is -0.920. The molecule has 1 aliphatic rings. The van der Waals surface area contributed by atoms with Gasteiger partial charge in [0.2, 0.25) is 0 Å². The molecule has 2 heteroatoms. The summed E-state index contributed by atoms with van der Waals surface area (Å²) in [7, 11) is 0. The second kappa shape index (κ2) is 4.35. The monoisotopic (exact) mass is 178 g/mol. The predicted molar refractivity (Wildman–Crippen MR) is 58.2 cm³/mol. The maximum Gasteiger partial charge on any atom is 0.114 e. The zero-order chi connectivity index (χ0) is 9.84. The van der Waals surface area contributed by atoms with Crippen LogP contribution in [0.15, 0.2) is 21.8 Å². The van der Waals surface area contributed by atoms with Crippen LogP contribution in [0.3, 0.4) is 0 Å². The van der Waals surface area contributed by atoms with E-state index in [2.05, 4.69) is 37.5 Å². The normalized spacial score (nSPS) is 28.5. The molecule has 2 nitrogen and oxygen atoms in total. The summed E-state index contributed by atoms with van der Waals surface area (Å²) in [6.45, 7) is 10.0. The average molecular weight is 178 g/mol. The van der Waals surface area contributed by atoms with Crippen molar-refractivity contribution >= 4 is 13.1 Å². The van der Waals surface area contributed by atoms with Gasteiger partial charge in [0.05, 0.1) is 0 Å². The molecule has 1 saturated carbocycles. The van der Waals surface area contributed by atoms with E-state index in [-0.39, 0.29) is 0 Å². The Kier molecular flexibility index (Phi) is 3.40. The Morgan fingerprint density at radius 1 is 1.54 bits per heavy atom. The first-order chi connectivity index (χ1) is 6.16. The molecule has 0 radical (unpaired) electrons. The molecule has 0 heterocycles. The first-order valence-electron chi connectivity index (χ1n) is 4.81. The first-order valence-corrected chi connectivity index (χ1v) is 4.81. The predicted octanol–water partition coefficient (Wildman–Crippen LogP) is 2.91. The highest BCUT2D eigenvalue weighted by Gasteiger charge is 2.39. The van der Waals surface area contributed by atoms with E-state index in [1.54, 1.807) is 0 Å². The summed E-state index contributed by atoms with van der Waals surface area (Å²) in [5.41, 5.74) is 1.37. The third-order valence-electron chi connectivity index (χ3n) is 2.71. The summed E-state index contributed by atoms with van der Waals surface area (Å²) in [6, 6.07) is 0. The van der Waals surface area contributed by atoms with E-state index in [0.29, 0.717) is 0 Å². The Balaban J connectivity index is 2.42. The van der Waals surface area contributed by atoms with Crippen molar-refractivity contribution < 1.29 is 0 Å². The van der Waals surface area contributed by atoms with E-state index < -0.39 is 0 Å². The van der Waals surface area contributed by atoms with Gasteiger partial charge in [-0.25, -0.2) is 4.99 Å². The zero-order valence-electron chi connectivity index (χ0n) is 8.70. The van der Waals surface area contributed by atoms with Crippen molar-refractivity contribution in [2.24, 2.45) is 27.7 Å². The van der Waals surface area contributed by atoms with Crippen molar-refractivity contribution in [1.29, 1.82) is 0 Å². The molecule has 0 aromatic heterocycles. The standard InChI is InChI=1S/C11H18N2/c1-8(2)10-5-11(10)9(3)6-13-7-12-4/h6-8,10-11H,4-5H2,1-3H3/b9-6+,13-7-/t10-,11-/m1/s1. The van der Waals surface area contributed by atoms with Crippen molar-refractivity contribution in [1.82, 2.24) is 0 Å². The molecule has 0 amide bonds. The Labute approximate surface area is 80.5 Å². The van der Waals surface area contributed by atoms with Crippen molar-refractivity contribution in [3.8, 4) is 0 Å². The third kappa shape index (κ3) is 2.79. The van der Waals surface area contributed by atoms with Crippen LogP contribution >= 0.6 is 0 Å². The molecule has 0 aliphatic heterocycles. The molecule has 0 N–H and O–H groups in total. The van der Waals surface area contributed by atoms with Gasteiger partial charge < -0.3 is 0 Å². The van der Waals surface area contributed by atoms with Crippen LogP contribution in [-0.4, -0.2) is 13.1 Å². The molecular weight excluding hydrogens is 160 g/mol. The summed E-state index contributed by atoms with van der Waals surface area (Å²) in [4.78, 5) is 7.58. The van der Waals surface area contributed by atoms with E-state index in [9.17, 15) is 0 Å². The highest BCUT2D eigenvalue weighted by molar-refractivity contribution is 5.62. The lowest BCUT2D eigenvalue weighted by atomic mass is 10.0.